The molecular formula is C23H29ClN4O4. The summed E-state index contributed by atoms with van der Waals surface area (Å²) in [5, 5.41) is 9.14. The van der Waals surface area contributed by atoms with Crippen LogP contribution in [0.4, 0.5) is 0 Å². The van der Waals surface area contributed by atoms with Crippen LogP contribution in [0.2, 0.25) is 0 Å². The van der Waals surface area contributed by atoms with Gasteiger partial charge in [-0.1, -0.05) is 39.0 Å². The molecule has 0 unspecified atom stereocenters. The van der Waals surface area contributed by atoms with Crippen molar-refractivity contribution in [3.63, 3.8) is 0 Å². The highest BCUT2D eigenvalue weighted by Gasteiger charge is 2.37. The second-order valence-electron chi connectivity index (χ2n) is 9.22. The smallest absolute Gasteiger partial charge is 0.268 e. The highest BCUT2D eigenvalue weighted by molar-refractivity contribution is 6.28. The van der Waals surface area contributed by atoms with Gasteiger partial charge in [-0.25, -0.2) is 0 Å². The lowest BCUT2D eigenvalue weighted by atomic mass is 9.85. The first kappa shape index (κ1) is 23.8. The van der Waals surface area contributed by atoms with E-state index < -0.39 is 29.3 Å². The first-order valence-electron chi connectivity index (χ1n) is 10.7. The molecular weight excluding hydrogens is 432 g/mol. The zero-order valence-corrected chi connectivity index (χ0v) is 19.2. The van der Waals surface area contributed by atoms with E-state index in [2.05, 4.69) is 20.9 Å². The fourth-order valence-corrected chi connectivity index (χ4v) is 4.04. The lowest BCUT2D eigenvalue weighted by Crippen LogP contribution is -2.57. The van der Waals surface area contributed by atoms with Crippen LogP contribution in [0, 0.1) is 11.3 Å². The van der Waals surface area contributed by atoms with Crippen molar-refractivity contribution < 1.29 is 19.2 Å². The second-order valence-corrected chi connectivity index (χ2v) is 9.48. The number of ketones is 1. The number of carbonyl (C=O) groups is 4. The summed E-state index contributed by atoms with van der Waals surface area (Å²) >= 11 is 5.75. The maximum atomic E-state index is 13.2. The fraction of sp³-hybridized carbons (Fsp3) is 0.478. The Morgan fingerprint density at radius 3 is 2.50 bits per heavy atom. The average molecular weight is 461 g/mol. The van der Waals surface area contributed by atoms with Crippen LogP contribution in [-0.2, 0) is 14.4 Å². The van der Waals surface area contributed by atoms with Gasteiger partial charge in [0.25, 0.3) is 5.91 Å². The summed E-state index contributed by atoms with van der Waals surface area (Å²) in [6.45, 7) is 6.02. The number of carbonyl (C=O) groups excluding carboxylic acids is 4. The van der Waals surface area contributed by atoms with E-state index in [4.69, 9.17) is 11.6 Å². The van der Waals surface area contributed by atoms with Crippen LogP contribution >= 0.6 is 11.6 Å². The van der Waals surface area contributed by atoms with Crippen molar-refractivity contribution in [1.82, 2.24) is 20.9 Å². The number of aromatic nitrogens is 1. The van der Waals surface area contributed by atoms with E-state index in [0.29, 0.717) is 18.7 Å². The van der Waals surface area contributed by atoms with Gasteiger partial charge in [0, 0.05) is 23.4 Å². The molecule has 1 aromatic heterocycles. The molecule has 1 saturated heterocycles. The van der Waals surface area contributed by atoms with Gasteiger partial charge in [-0.3, -0.25) is 19.2 Å². The molecule has 9 heteroatoms. The van der Waals surface area contributed by atoms with Crippen molar-refractivity contribution in [2.24, 2.45) is 11.3 Å². The Morgan fingerprint density at radius 1 is 1.19 bits per heavy atom. The zero-order valence-electron chi connectivity index (χ0n) is 18.5. The molecule has 0 saturated carbocycles. The van der Waals surface area contributed by atoms with Crippen molar-refractivity contribution in [3.8, 4) is 0 Å². The zero-order chi connectivity index (χ0) is 23.5. The first-order chi connectivity index (χ1) is 15.1. The first-order valence-corrected chi connectivity index (χ1v) is 11.2. The number of amides is 3. The van der Waals surface area contributed by atoms with Crippen LogP contribution < -0.4 is 16.0 Å². The van der Waals surface area contributed by atoms with Crippen LogP contribution in [0.25, 0.3) is 10.9 Å². The molecule has 3 amide bonds. The van der Waals surface area contributed by atoms with Gasteiger partial charge < -0.3 is 20.9 Å². The number of fused-ring (bicyclic) bond motifs is 1. The highest BCUT2D eigenvalue weighted by Crippen LogP contribution is 2.22. The van der Waals surface area contributed by atoms with Crippen molar-refractivity contribution in [3.05, 3.63) is 36.0 Å². The van der Waals surface area contributed by atoms with Crippen LogP contribution in [0.1, 0.15) is 44.1 Å². The SMILES string of the molecule is CC(C)(C)[C@H](NC(=O)c1cc2ccccc2[nH]1)C(=O)N[C@@H](C[C@@H]1CCNC1=O)C(=O)CCl. The Morgan fingerprint density at radius 2 is 1.91 bits per heavy atom. The van der Waals surface area contributed by atoms with Gasteiger partial charge in [-0.05, 0) is 30.4 Å². The minimum absolute atomic E-state index is 0.133. The van der Waals surface area contributed by atoms with Crippen molar-refractivity contribution in [2.75, 3.05) is 12.4 Å². The quantitative estimate of drug-likeness (QED) is 0.451. The highest BCUT2D eigenvalue weighted by atomic mass is 35.5. The number of hydrogen-bond acceptors (Lipinski definition) is 4. The van der Waals surface area contributed by atoms with Gasteiger partial charge in [0.05, 0.1) is 11.9 Å². The molecule has 1 fully saturated rings. The second kappa shape index (κ2) is 9.73. The fourth-order valence-electron chi connectivity index (χ4n) is 3.85. The molecule has 8 nitrogen and oxygen atoms in total. The molecule has 3 rings (SSSR count). The standard InChI is InChI=1S/C23H29ClN4O4/c1-23(2,3)19(28-21(31)17-10-13-6-4-5-7-15(13)26-17)22(32)27-16(18(29)12-24)11-14-8-9-25-20(14)30/h4-7,10,14,16,19,26H,8-9,11-12H2,1-3H3,(H,25,30)(H,27,32)(H,28,31)/t14-,16-,19+/m0/s1. The molecule has 3 atom stereocenters. The van der Waals surface area contributed by atoms with E-state index in [-0.39, 0.29) is 29.9 Å². The number of alkyl halides is 1. The number of para-hydroxylation sites is 1. The predicted molar refractivity (Wildman–Crippen MR) is 122 cm³/mol. The maximum Gasteiger partial charge on any atom is 0.268 e. The Bertz CT molecular complexity index is 993. The minimum atomic E-state index is -0.913. The molecule has 172 valence electrons. The molecule has 1 aromatic carbocycles. The molecule has 0 spiro atoms. The van der Waals surface area contributed by atoms with Crippen molar-refractivity contribution in [2.45, 2.75) is 45.7 Å². The molecule has 32 heavy (non-hydrogen) atoms. The van der Waals surface area contributed by atoms with Gasteiger partial charge in [0.2, 0.25) is 11.8 Å². The van der Waals surface area contributed by atoms with E-state index in [9.17, 15) is 19.2 Å². The normalized spacial score (nSPS) is 18.1. The summed E-state index contributed by atoms with van der Waals surface area (Å²) < 4.78 is 0. The Labute approximate surface area is 191 Å². The maximum absolute atomic E-state index is 13.2. The molecule has 2 heterocycles. The lowest BCUT2D eigenvalue weighted by Gasteiger charge is -2.32. The summed E-state index contributed by atoms with van der Waals surface area (Å²) in [6, 6.07) is 7.40. The topological polar surface area (TPSA) is 120 Å². The predicted octanol–water partition coefficient (Wildman–Crippen LogP) is 2.13. The Balaban J connectivity index is 1.76. The van der Waals surface area contributed by atoms with Crippen LogP contribution in [0.15, 0.2) is 30.3 Å². The number of aromatic amines is 1. The third-order valence-corrected chi connectivity index (χ3v) is 5.96. The number of Topliss-reactive ketones (excluding diaryl/α,β-unsaturated/α-hetero) is 1. The largest absolute Gasteiger partial charge is 0.356 e. The van der Waals surface area contributed by atoms with E-state index in [0.717, 1.165) is 10.9 Å². The van der Waals surface area contributed by atoms with E-state index in [1.807, 2.05) is 45.0 Å². The number of benzene rings is 1. The molecule has 2 aromatic rings. The van der Waals surface area contributed by atoms with E-state index >= 15 is 0 Å². The summed E-state index contributed by atoms with van der Waals surface area (Å²) in [4.78, 5) is 53.5. The van der Waals surface area contributed by atoms with Gasteiger partial charge >= 0.3 is 0 Å². The van der Waals surface area contributed by atoms with Crippen LogP contribution in [0.3, 0.4) is 0 Å². The molecule has 0 bridgehead atoms. The van der Waals surface area contributed by atoms with Crippen LogP contribution in [0.5, 0.6) is 0 Å². The van der Waals surface area contributed by atoms with E-state index in [1.54, 1.807) is 6.07 Å². The monoisotopic (exact) mass is 460 g/mol. The van der Waals surface area contributed by atoms with Crippen molar-refractivity contribution in [1.29, 1.82) is 0 Å². The van der Waals surface area contributed by atoms with Gasteiger partial charge in [0.1, 0.15) is 11.7 Å². The molecule has 1 aliphatic rings. The Kier molecular flexibility index (Phi) is 7.23. The van der Waals surface area contributed by atoms with Crippen molar-refractivity contribution >= 4 is 46.0 Å². The van der Waals surface area contributed by atoms with Crippen LogP contribution in [-0.4, -0.2) is 53.0 Å². The number of rotatable bonds is 8. The van der Waals surface area contributed by atoms with Gasteiger partial charge in [-0.2, -0.15) is 0 Å². The Hall–Kier alpha value is -2.87. The summed E-state index contributed by atoms with van der Waals surface area (Å²) in [6.07, 6.45) is 0.774. The molecule has 0 radical (unpaired) electrons. The molecule has 1 aliphatic heterocycles. The van der Waals surface area contributed by atoms with Gasteiger partial charge in [0.15, 0.2) is 5.78 Å². The summed E-state index contributed by atoms with van der Waals surface area (Å²) in [7, 11) is 0. The average Bonchev–Trinajstić information content (AvgIpc) is 3.35. The molecule has 0 aliphatic carbocycles. The summed E-state index contributed by atoms with van der Waals surface area (Å²) in [5.41, 5.74) is 0.520. The third-order valence-electron chi connectivity index (χ3n) is 5.70. The molecule has 4 N–H and O–H groups in total. The lowest BCUT2D eigenvalue weighted by molar-refractivity contribution is -0.131. The number of nitrogens with one attached hydrogen (secondary N) is 4. The number of H-pyrrole nitrogens is 1. The summed E-state index contributed by atoms with van der Waals surface area (Å²) in [5.74, 6) is -2.06. The number of hydrogen-bond donors (Lipinski definition) is 4. The van der Waals surface area contributed by atoms with Gasteiger partial charge in [-0.15, -0.1) is 11.6 Å². The minimum Gasteiger partial charge on any atom is -0.356 e. The van der Waals surface area contributed by atoms with E-state index in [1.165, 1.54) is 0 Å². The third kappa shape index (κ3) is 5.48. The number of halogens is 1.